The van der Waals surface area contributed by atoms with Crippen molar-refractivity contribution in [2.75, 3.05) is 13.2 Å². The Bertz CT molecular complexity index is 733. The van der Waals surface area contributed by atoms with E-state index in [4.69, 9.17) is 0 Å². The highest BCUT2D eigenvalue weighted by Gasteiger charge is 2.07. The Kier molecular flexibility index (Phi) is 13.6. The van der Waals surface area contributed by atoms with Gasteiger partial charge in [0.25, 0.3) is 0 Å². The van der Waals surface area contributed by atoms with E-state index in [-0.39, 0.29) is 12.5 Å². The van der Waals surface area contributed by atoms with Crippen LogP contribution in [0.25, 0.3) is 0 Å². The Morgan fingerprint density at radius 3 is 2.50 bits per heavy atom. The Labute approximate surface area is 155 Å². The molecule has 0 bridgehead atoms. The fourth-order valence-corrected chi connectivity index (χ4v) is 2.14. The van der Waals surface area contributed by atoms with Gasteiger partial charge in [-0.3, -0.25) is 9.36 Å². The molecule has 0 aliphatic rings. The molecule has 0 aliphatic carbocycles. The minimum absolute atomic E-state index is 0.0213. The van der Waals surface area contributed by atoms with Gasteiger partial charge in [-0.2, -0.15) is 0 Å². The summed E-state index contributed by atoms with van der Waals surface area (Å²) in [5.41, 5.74) is 3.40. The molecular formula is C19H23NO5P-. The minimum atomic E-state index is -4.45. The lowest BCUT2D eigenvalue weighted by Gasteiger charge is -2.18. The maximum Gasteiger partial charge on any atom is 0.328 e. The molecule has 0 rings (SSSR count). The predicted octanol–water partition coefficient (Wildman–Crippen LogP) is 2.27. The summed E-state index contributed by atoms with van der Waals surface area (Å²) in [5.74, 6) is 12.2. The topological polar surface area (TPSA) is 87.7 Å². The standard InChI is InChI=1S/C19H24NO5P/c1-4-19(5-2)14-10-6-8-12-16-24-26(22,23)25-17-13-9-7-11-15-20-18(3)21/h1,5,7,9,11,13,15,17H2,2-3H3,(H,20,21)(H,22,23)/p-1. The highest BCUT2D eigenvalue weighted by Crippen LogP contribution is 2.37. The van der Waals surface area contributed by atoms with Crippen LogP contribution in [0.3, 0.4) is 0 Å². The Hall–Kier alpha value is -2.38. The second kappa shape index (κ2) is 14.9. The lowest BCUT2D eigenvalue weighted by atomic mass is 10.2. The average Bonchev–Trinajstić information content (AvgIpc) is 2.59. The van der Waals surface area contributed by atoms with Crippen LogP contribution in [0.2, 0.25) is 0 Å². The van der Waals surface area contributed by atoms with E-state index in [0.717, 1.165) is 24.8 Å². The lowest BCUT2D eigenvalue weighted by molar-refractivity contribution is -0.219. The van der Waals surface area contributed by atoms with Gasteiger partial charge in [0.1, 0.15) is 6.11 Å². The van der Waals surface area contributed by atoms with Crippen LogP contribution in [0.1, 0.15) is 46.0 Å². The van der Waals surface area contributed by atoms with E-state index in [9.17, 15) is 14.3 Å². The van der Waals surface area contributed by atoms with Crippen molar-refractivity contribution >= 4 is 13.7 Å². The van der Waals surface area contributed by atoms with Crippen LogP contribution in [0, 0.1) is 35.7 Å². The van der Waals surface area contributed by atoms with Gasteiger partial charge in [0, 0.05) is 30.9 Å². The van der Waals surface area contributed by atoms with Gasteiger partial charge in [-0.05, 0) is 37.0 Å². The third-order valence-electron chi connectivity index (χ3n) is 2.87. The summed E-state index contributed by atoms with van der Waals surface area (Å²) < 4.78 is 20.5. The van der Waals surface area contributed by atoms with Crippen molar-refractivity contribution in [1.82, 2.24) is 5.32 Å². The SMILES string of the molecule is C=C=C(C#CC#CC#COP(=O)([O-])OCCCCCCNC(C)=O)CC. The van der Waals surface area contributed by atoms with Crippen LogP contribution in [0.4, 0.5) is 0 Å². The Morgan fingerprint density at radius 2 is 1.85 bits per heavy atom. The zero-order valence-corrected chi connectivity index (χ0v) is 16.0. The molecule has 0 aliphatic heterocycles. The third-order valence-corrected chi connectivity index (χ3v) is 3.68. The van der Waals surface area contributed by atoms with E-state index in [0.29, 0.717) is 19.4 Å². The van der Waals surface area contributed by atoms with Gasteiger partial charge in [-0.1, -0.05) is 26.3 Å². The molecular weight excluding hydrogens is 353 g/mol. The molecule has 26 heavy (non-hydrogen) atoms. The number of carbonyl (C=O) groups is 1. The molecule has 6 nitrogen and oxygen atoms in total. The van der Waals surface area contributed by atoms with Crippen molar-refractivity contribution in [3.05, 3.63) is 17.9 Å². The van der Waals surface area contributed by atoms with Crippen LogP contribution in [-0.4, -0.2) is 19.1 Å². The first-order valence-corrected chi connectivity index (χ1v) is 9.66. The number of carbonyl (C=O) groups excluding carboxylic acids is 1. The molecule has 1 amide bonds. The number of unbranched alkanes of at least 4 members (excludes halogenated alkanes) is 3. The maximum atomic E-state index is 11.4. The number of phosphoric acid groups is 1. The van der Waals surface area contributed by atoms with E-state index >= 15 is 0 Å². The second-order valence-corrected chi connectivity index (χ2v) is 6.34. The van der Waals surface area contributed by atoms with Gasteiger partial charge < -0.3 is 19.3 Å². The first-order chi connectivity index (χ1) is 12.4. The summed E-state index contributed by atoms with van der Waals surface area (Å²) >= 11 is 0. The fourth-order valence-electron chi connectivity index (χ4n) is 1.58. The smallest absolute Gasteiger partial charge is 0.328 e. The summed E-state index contributed by atoms with van der Waals surface area (Å²) in [5, 5.41) is 2.69. The number of phosphoric ester groups is 1. The molecule has 1 N–H and O–H groups in total. The number of allylic oxidation sites excluding steroid dienone is 1. The van der Waals surface area contributed by atoms with Crippen LogP contribution in [0.5, 0.6) is 0 Å². The monoisotopic (exact) mass is 376 g/mol. The molecule has 0 radical (unpaired) electrons. The van der Waals surface area contributed by atoms with E-state index in [1.165, 1.54) is 6.92 Å². The summed E-state index contributed by atoms with van der Waals surface area (Å²) in [6, 6.07) is 0. The predicted molar refractivity (Wildman–Crippen MR) is 98.1 cm³/mol. The molecule has 0 fully saturated rings. The molecule has 0 heterocycles. The van der Waals surface area contributed by atoms with Crippen molar-refractivity contribution in [1.29, 1.82) is 0 Å². The van der Waals surface area contributed by atoms with Crippen molar-refractivity contribution in [3.63, 3.8) is 0 Å². The van der Waals surface area contributed by atoms with Crippen LogP contribution < -0.4 is 10.2 Å². The summed E-state index contributed by atoms with van der Waals surface area (Å²) in [6.07, 6.45) is 5.71. The Morgan fingerprint density at radius 1 is 1.15 bits per heavy atom. The van der Waals surface area contributed by atoms with Crippen molar-refractivity contribution < 1.29 is 23.3 Å². The molecule has 0 spiro atoms. The highest BCUT2D eigenvalue weighted by atomic mass is 31.2. The molecule has 140 valence electrons. The molecule has 7 heteroatoms. The molecule has 1 unspecified atom stereocenters. The molecule has 1 atom stereocenters. The first kappa shape index (κ1) is 23.6. The zero-order valence-electron chi connectivity index (χ0n) is 15.1. The number of rotatable bonds is 10. The minimum Gasteiger partial charge on any atom is -0.746 e. The van der Waals surface area contributed by atoms with Gasteiger partial charge in [-0.25, -0.2) is 0 Å². The molecule has 0 saturated carbocycles. The number of amides is 1. The largest absolute Gasteiger partial charge is 0.746 e. The highest BCUT2D eigenvalue weighted by molar-refractivity contribution is 7.46. The van der Waals surface area contributed by atoms with E-state index in [2.05, 4.69) is 56.3 Å². The number of hydrogen-bond donors (Lipinski definition) is 1. The van der Waals surface area contributed by atoms with Gasteiger partial charge in [0.2, 0.25) is 5.91 Å². The lowest BCUT2D eigenvalue weighted by Crippen LogP contribution is -2.20. The quantitative estimate of drug-likeness (QED) is 0.274. The first-order valence-electron chi connectivity index (χ1n) is 8.19. The molecule has 0 aromatic carbocycles. The summed E-state index contributed by atoms with van der Waals surface area (Å²) in [4.78, 5) is 22.1. The fraction of sp³-hybridized carbons (Fsp3) is 0.474. The zero-order chi connectivity index (χ0) is 19.7. The Balaban J connectivity index is 3.98. The van der Waals surface area contributed by atoms with E-state index in [1.807, 2.05) is 13.0 Å². The third kappa shape index (κ3) is 15.2. The van der Waals surface area contributed by atoms with Gasteiger partial charge in [0.05, 0.1) is 6.61 Å². The molecule has 0 aromatic heterocycles. The molecule has 0 saturated heterocycles. The van der Waals surface area contributed by atoms with E-state index in [1.54, 1.807) is 0 Å². The number of nitrogens with one attached hydrogen (secondary N) is 1. The normalized spacial score (nSPS) is 11.0. The number of hydrogen-bond acceptors (Lipinski definition) is 5. The van der Waals surface area contributed by atoms with Gasteiger partial charge in [-0.15, -0.1) is 5.73 Å². The summed E-state index contributed by atoms with van der Waals surface area (Å²) in [6.45, 7) is 7.50. The maximum absolute atomic E-state index is 11.4. The van der Waals surface area contributed by atoms with Gasteiger partial charge in [0.15, 0.2) is 0 Å². The van der Waals surface area contributed by atoms with Crippen LogP contribution >= 0.6 is 7.82 Å². The molecule has 0 aromatic rings. The van der Waals surface area contributed by atoms with Crippen LogP contribution in [0.15, 0.2) is 17.9 Å². The van der Waals surface area contributed by atoms with Crippen molar-refractivity contribution in [2.24, 2.45) is 0 Å². The summed E-state index contributed by atoms with van der Waals surface area (Å²) in [7, 11) is -4.45. The van der Waals surface area contributed by atoms with Crippen molar-refractivity contribution in [3.8, 4) is 35.7 Å². The van der Waals surface area contributed by atoms with Gasteiger partial charge >= 0.3 is 7.82 Å². The van der Waals surface area contributed by atoms with E-state index < -0.39 is 7.82 Å². The second-order valence-electron chi connectivity index (χ2n) is 5.00. The van der Waals surface area contributed by atoms with Crippen molar-refractivity contribution in [2.45, 2.75) is 46.0 Å². The van der Waals surface area contributed by atoms with Crippen LogP contribution in [-0.2, 0) is 18.4 Å². The average molecular weight is 376 g/mol.